The summed E-state index contributed by atoms with van der Waals surface area (Å²) in [5.74, 6) is 0.173. The van der Waals surface area contributed by atoms with Crippen LogP contribution >= 0.6 is 0 Å². The van der Waals surface area contributed by atoms with E-state index in [1.54, 1.807) is 0 Å². The van der Waals surface area contributed by atoms with Crippen molar-refractivity contribution in [1.29, 1.82) is 0 Å². The Morgan fingerprint density at radius 1 is 1.50 bits per heavy atom. The second-order valence-electron chi connectivity index (χ2n) is 4.90. The Balaban J connectivity index is 1.72. The Hall–Kier alpha value is -1.33. The number of rotatable bonds is 2. The minimum absolute atomic E-state index is 0.172. The maximum atomic E-state index is 12.5. The van der Waals surface area contributed by atoms with Crippen LogP contribution in [0.3, 0.4) is 0 Å². The number of carbonyl (C=O) groups excluding carboxylic acids is 1. The van der Waals surface area contributed by atoms with Crippen molar-refractivity contribution in [3.05, 3.63) is 24.0 Å². The minimum atomic E-state index is -0.172. The molecular formula is C13H19N3O2. The second-order valence-corrected chi connectivity index (χ2v) is 4.90. The summed E-state index contributed by atoms with van der Waals surface area (Å²) >= 11 is 0. The van der Waals surface area contributed by atoms with Gasteiger partial charge in [0.05, 0.1) is 19.3 Å². The van der Waals surface area contributed by atoms with E-state index in [0.29, 0.717) is 13.2 Å². The van der Waals surface area contributed by atoms with Gasteiger partial charge in [0.1, 0.15) is 6.04 Å². The predicted molar refractivity (Wildman–Crippen MR) is 67.1 cm³/mol. The van der Waals surface area contributed by atoms with Gasteiger partial charge in [0.2, 0.25) is 5.91 Å². The summed E-state index contributed by atoms with van der Waals surface area (Å²) in [6.45, 7) is 2.80. The molecule has 18 heavy (non-hydrogen) atoms. The zero-order chi connectivity index (χ0) is 12.4. The van der Waals surface area contributed by atoms with Gasteiger partial charge in [-0.25, -0.2) is 0 Å². The number of nitrogens with one attached hydrogen (secondary N) is 2. The predicted octanol–water partition coefficient (Wildman–Crippen LogP) is 0.667. The lowest BCUT2D eigenvalue weighted by atomic mass is 10.1. The molecular weight excluding hydrogens is 230 g/mol. The van der Waals surface area contributed by atoms with E-state index in [4.69, 9.17) is 4.74 Å². The van der Waals surface area contributed by atoms with Gasteiger partial charge in [-0.1, -0.05) is 0 Å². The van der Waals surface area contributed by atoms with Crippen LogP contribution < -0.4 is 5.32 Å². The van der Waals surface area contributed by atoms with Gasteiger partial charge < -0.3 is 19.9 Å². The second kappa shape index (κ2) is 5.12. The molecule has 2 saturated heterocycles. The first kappa shape index (κ1) is 11.7. The molecule has 0 spiro atoms. The third kappa shape index (κ3) is 2.15. The molecule has 0 aromatic carbocycles. The van der Waals surface area contributed by atoms with Crippen LogP contribution in [0.15, 0.2) is 18.3 Å². The smallest absolute Gasteiger partial charge is 0.242 e. The molecule has 2 atom stereocenters. The average Bonchev–Trinajstić information content (AvgIpc) is 3.09. The molecule has 0 aliphatic carbocycles. The molecule has 2 aliphatic rings. The number of hydrogen-bond donors (Lipinski definition) is 2. The van der Waals surface area contributed by atoms with Gasteiger partial charge in [-0.3, -0.25) is 4.79 Å². The van der Waals surface area contributed by atoms with E-state index in [-0.39, 0.29) is 18.0 Å². The number of hydrogen-bond acceptors (Lipinski definition) is 3. The van der Waals surface area contributed by atoms with Crippen molar-refractivity contribution >= 4 is 5.91 Å². The third-order valence-electron chi connectivity index (χ3n) is 3.74. The van der Waals surface area contributed by atoms with Crippen LogP contribution in [0.4, 0.5) is 0 Å². The number of aromatic amines is 1. The summed E-state index contributed by atoms with van der Waals surface area (Å²) in [7, 11) is 0. The number of H-pyrrole nitrogens is 1. The Morgan fingerprint density at radius 3 is 3.17 bits per heavy atom. The number of amides is 1. The van der Waals surface area contributed by atoms with Crippen LogP contribution in [0.1, 0.15) is 24.6 Å². The SMILES string of the molecule is O=C(C1COCCN1)N1CCCC1c1ccc[nH]1. The molecule has 98 valence electrons. The van der Waals surface area contributed by atoms with Crippen LogP contribution in [-0.4, -0.2) is 48.1 Å². The molecule has 1 aromatic heterocycles. The van der Waals surface area contributed by atoms with Gasteiger partial charge >= 0.3 is 0 Å². The van der Waals surface area contributed by atoms with Crippen molar-refractivity contribution < 1.29 is 9.53 Å². The lowest BCUT2D eigenvalue weighted by Gasteiger charge is -2.30. The lowest BCUT2D eigenvalue weighted by Crippen LogP contribution is -2.52. The molecule has 2 fully saturated rings. The molecule has 1 aromatic rings. The molecule has 5 nitrogen and oxygen atoms in total. The summed E-state index contributed by atoms with van der Waals surface area (Å²) in [5.41, 5.74) is 1.14. The van der Waals surface area contributed by atoms with E-state index < -0.39 is 0 Å². The number of likely N-dealkylation sites (tertiary alicyclic amines) is 1. The number of carbonyl (C=O) groups is 1. The highest BCUT2D eigenvalue weighted by Crippen LogP contribution is 2.31. The average molecular weight is 249 g/mol. The summed E-state index contributed by atoms with van der Waals surface area (Å²) in [6, 6.07) is 4.07. The lowest BCUT2D eigenvalue weighted by molar-refractivity contribution is -0.137. The third-order valence-corrected chi connectivity index (χ3v) is 3.74. The molecule has 1 amide bonds. The quantitative estimate of drug-likeness (QED) is 0.810. The molecule has 0 saturated carbocycles. The van der Waals surface area contributed by atoms with Crippen molar-refractivity contribution in [3.63, 3.8) is 0 Å². The standard InChI is InChI=1S/C13H19N3O2/c17-13(11-9-18-8-6-15-11)16-7-2-4-12(16)10-3-1-5-14-10/h1,3,5,11-12,14-15H,2,4,6-9H2. The van der Waals surface area contributed by atoms with Crippen molar-refractivity contribution in [2.45, 2.75) is 24.9 Å². The molecule has 0 radical (unpaired) electrons. The van der Waals surface area contributed by atoms with Crippen LogP contribution in [0.25, 0.3) is 0 Å². The van der Waals surface area contributed by atoms with Crippen LogP contribution in [0.2, 0.25) is 0 Å². The highest BCUT2D eigenvalue weighted by Gasteiger charge is 2.34. The van der Waals surface area contributed by atoms with E-state index in [0.717, 1.165) is 31.6 Å². The van der Waals surface area contributed by atoms with Crippen molar-refractivity contribution in [2.75, 3.05) is 26.3 Å². The van der Waals surface area contributed by atoms with Gasteiger partial charge in [0.15, 0.2) is 0 Å². The van der Waals surface area contributed by atoms with Gasteiger partial charge in [0.25, 0.3) is 0 Å². The van der Waals surface area contributed by atoms with Gasteiger partial charge in [0, 0.05) is 25.0 Å². The van der Waals surface area contributed by atoms with Crippen molar-refractivity contribution in [3.8, 4) is 0 Å². The highest BCUT2D eigenvalue weighted by molar-refractivity contribution is 5.82. The minimum Gasteiger partial charge on any atom is -0.378 e. The molecule has 3 heterocycles. The van der Waals surface area contributed by atoms with E-state index in [9.17, 15) is 4.79 Å². The Labute approximate surface area is 106 Å². The normalized spacial score (nSPS) is 28.6. The first-order valence-electron chi connectivity index (χ1n) is 6.61. The number of aromatic nitrogens is 1. The van der Waals surface area contributed by atoms with Gasteiger partial charge in [-0.2, -0.15) is 0 Å². The number of ether oxygens (including phenoxy) is 1. The number of nitrogens with zero attached hydrogens (tertiary/aromatic N) is 1. The Morgan fingerprint density at radius 2 is 2.44 bits per heavy atom. The van der Waals surface area contributed by atoms with E-state index in [1.165, 1.54) is 0 Å². The van der Waals surface area contributed by atoms with Gasteiger partial charge in [-0.15, -0.1) is 0 Å². The van der Waals surface area contributed by atoms with Crippen LogP contribution in [0.5, 0.6) is 0 Å². The van der Waals surface area contributed by atoms with Crippen LogP contribution in [0, 0.1) is 0 Å². The Bertz CT molecular complexity index is 398. The summed E-state index contributed by atoms with van der Waals surface area (Å²) in [4.78, 5) is 17.7. The fraction of sp³-hybridized carbons (Fsp3) is 0.615. The largest absolute Gasteiger partial charge is 0.378 e. The van der Waals surface area contributed by atoms with Crippen LogP contribution in [-0.2, 0) is 9.53 Å². The first-order valence-corrected chi connectivity index (χ1v) is 6.61. The summed E-state index contributed by atoms with van der Waals surface area (Å²) < 4.78 is 5.37. The first-order chi connectivity index (χ1) is 8.86. The fourth-order valence-electron chi connectivity index (χ4n) is 2.83. The zero-order valence-corrected chi connectivity index (χ0v) is 10.4. The molecule has 2 aliphatic heterocycles. The van der Waals surface area contributed by atoms with Crippen molar-refractivity contribution in [1.82, 2.24) is 15.2 Å². The molecule has 0 bridgehead atoms. The molecule has 5 heteroatoms. The van der Waals surface area contributed by atoms with E-state index in [1.807, 2.05) is 17.2 Å². The maximum Gasteiger partial charge on any atom is 0.242 e. The number of morpholine rings is 1. The van der Waals surface area contributed by atoms with E-state index in [2.05, 4.69) is 16.4 Å². The molecule has 2 unspecified atom stereocenters. The molecule has 2 N–H and O–H groups in total. The van der Waals surface area contributed by atoms with Gasteiger partial charge in [-0.05, 0) is 25.0 Å². The summed E-state index contributed by atoms with van der Waals surface area (Å²) in [6.07, 6.45) is 4.03. The fourth-order valence-corrected chi connectivity index (χ4v) is 2.83. The maximum absolute atomic E-state index is 12.5. The topological polar surface area (TPSA) is 57.4 Å². The summed E-state index contributed by atoms with van der Waals surface area (Å²) in [5, 5.41) is 3.24. The monoisotopic (exact) mass is 249 g/mol. The highest BCUT2D eigenvalue weighted by atomic mass is 16.5. The zero-order valence-electron chi connectivity index (χ0n) is 10.4. The van der Waals surface area contributed by atoms with E-state index >= 15 is 0 Å². The Kier molecular flexibility index (Phi) is 3.34. The van der Waals surface area contributed by atoms with Crippen molar-refractivity contribution in [2.24, 2.45) is 0 Å². The molecule has 3 rings (SSSR count).